The summed E-state index contributed by atoms with van der Waals surface area (Å²) in [6.45, 7) is 6.07. The lowest BCUT2D eigenvalue weighted by Crippen LogP contribution is -2.29. The Morgan fingerprint density at radius 1 is 1.00 bits per heavy atom. The fourth-order valence-electron chi connectivity index (χ4n) is 1.37. The summed E-state index contributed by atoms with van der Waals surface area (Å²) >= 11 is 0. The van der Waals surface area contributed by atoms with E-state index in [0.717, 1.165) is 18.8 Å². The molecule has 2 nitrogen and oxygen atoms in total. The molecule has 0 aliphatic heterocycles. The van der Waals surface area contributed by atoms with Crippen molar-refractivity contribution in [2.75, 3.05) is 0 Å². The highest BCUT2D eigenvalue weighted by atomic mass is 28.4. The summed E-state index contributed by atoms with van der Waals surface area (Å²) in [4.78, 5) is 18.3. The third kappa shape index (κ3) is 12.1. The maximum Gasteiger partial charge on any atom is 0.329 e. The average Bonchev–Trinajstić information content (AvgIpc) is 1.93. The van der Waals surface area contributed by atoms with E-state index in [-0.39, 0.29) is 0 Å². The van der Waals surface area contributed by atoms with Gasteiger partial charge in [0, 0.05) is 0 Å². The molecule has 13 heavy (non-hydrogen) atoms. The molecule has 0 heterocycles. The summed E-state index contributed by atoms with van der Waals surface area (Å²) in [6, 6.07) is 0.634. The van der Waals surface area contributed by atoms with Crippen molar-refractivity contribution in [3.8, 4) is 0 Å². The van der Waals surface area contributed by atoms with Gasteiger partial charge in [0.25, 0.3) is 0 Å². The highest BCUT2D eigenvalue weighted by molar-refractivity contribution is 6.63. The molecule has 0 fully saturated rings. The van der Waals surface area contributed by atoms with Gasteiger partial charge in [-0.1, -0.05) is 46.0 Å². The van der Waals surface area contributed by atoms with Crippen molar-refractivity contribution in [1.29, 1.82) is 0 Å². The van der Waals surface area contributed by atoms with Crippen molar-refractivity contribution in [2.24, 2.45) is 5.92 Å². The van der Waals surface area contributed by atoms with Crippen LogP contribution in [0.25, 0.3) is 0 Å². The zero-order chi connectivity index (χ0) is 10.3. The molecule has 0 aromatic heterocycles. The van der Waals surface area contributed by atoms with E-state index < -0.39 is 8.56 Å². The Balaban J connectivity index is 3.09. The minimum atomic E-state index is -2.74. The van der Waals surface area contributed by atoms with Crippen LogP contribution in [-0.4, -0.2) is 18.2 Å². The van der Waals surface area contributed by atoms with Crippen LogP contribution in [0.5, 0.6) is 0 Å². The first-order valence-corrected chi connectivity index (χ1v) is 7.97. The van der Waals surface area contributed by atoms with Crippen LogP contribution >= 0.6 is 0 Å². The largest absolute Gasteiger partial charge is 0.411 e. The molecule has 0 spiro atoms. The van der Waals surface area contributed by atoms with Gasteiger partial charge in [0.15, 0.2) is 0 Å². The van der Waals surface area contributed by atoms with Gasteiger partial charge in [-0.05, 0) is 18.5 Å². The van der Waals surface area contributed by atoms with Gasteiger partial charge >= 0.3 is 8.56 Å². The Labute approximate surface area is 83.2 Å². The first kappa shape index (κ1) is 13.1. The van der Waals surface area contributed by atoms with E-state index in [4.69, 9.17) is 9.59 Å². The predicted octanol–water partition coefficient (Wildman–Crippen LogP) is 2.65. The zero-order valence-corrected chi connectivity index (χ0v) is 10.2. The maximum atomic E-state index is 9.16. The molecule has 0 unspecified atom stereocenters. The minimum Gasteiger partial charge on any atom is -0.411 e. The van der Waals surface area contributed by atoms with Crippen molar-refractivity contribution in [1.82, 2.24) is 0 Å². The van der Waals surface area contributed by atoms with Gasteiger partial charge in [-0.2, -0.15) is 0 Å². The Morgan fingerprint density at radius 2 is 1.54 bits per heavy atom. The Morgan fingerprint density at radius 3 is 2.00 bits per heavy atom. The van der Waals surface area contributed by atoms with E-state index in [1.54, 1.807) is 6.55 Å². The second-order valence-electron chi connectivity index (χ2n) is 4.56. The van der Waals surface area contributed by atoms with Crippen LogP contribution in [0.15, 0.2) is 0 Å². The molecule has 0 saturated carbocycles. The van der Waals surface area contributed by atoms with Crippen LogP contribution in [0.3, 0.4) is 0 Å². The van der Waals surface area contributed by atoms with Gasteiger partial charge < -0.3 is 9.59 Å². The van der Waals surface area contributed by atoms with Crippen LogP contribution in [0, 0.1) is 5.92 Å². The summed E-state index contributed by atoms with van der Waals surface area (Å²) in [5.41, 5.74) is 0. The number of unbranched alkanes of at least 4 members (excludes halogenated alkanes) is 3. The monoisotopic (exact) mass is 204 g/mol. The fourth-order valence-corrected chi connectivity index (χ4v) is 2.29. The van der Waals surface area contributed by atoms with E-state index in [1.807, 2.05) is 0 Å². The number of rotatable bonds is 7. The van der Waals surface area contributed by atoms with Gasteiger partial charge in [-0.25, -0.2) is 0 Å². The topological polar surface area (TPSA) is 40.5 Å². The van der Waals surface area contributed by atoms with E-state index in [2.05, 4.69) is 13.8 Å². The molecule has 0 saturated heterocycles. The molecule has 0 radical (unpaired) electrons. The Hall–Kier alpha value is 0.137. The van der Waals surface area contributed by atoms with Crippen molar-refractivity contribution >= 4 is 8.56 Å². The predicted molar refractivity (Wildman–Crippen MR) is 58.8 cm³/mol. The molecule has 0 bridgehead atoms. The number of hydrogen-bond donors (Lipinski definition) is 2. The lowest BCUT2D eigenvalue weighted by molar-refractivity contribution is 0.365. The quantitative estimate of drug-likeness (QED) is 0.494. The maximum absolute atomic E-state index is 9.16. The first-order valence-electron chi connectivity index (χ1n) is 5.36. The van der Waals surface area contributed by atoms with Gasteiger partial charge in [0.1, 0.15) is 0 Å². The molecule has 0 aliphatic carbocycles. The van der Waals surface area contributed by atoms with Crippen LogP contribution < -0.4 is 0 Å². The standard InChI is InChI=1S/C10H24O2Si/c1-10(2)8-6-4-5-7-9-13(3,11)12/h10-12H,4-9H2,1-3H3. The number of hydrogen-bond acceptors (Lipinski definition) is 2. The van der Waals surface area contributed by atoms with Gasteiger partial charge in [-0.15, -0.1) is 0 Å². The van der Waals surface area contributed by atoms with Gasteiger partial charge in [-0.3, -0.25) is 0 Å². The molecular formula is C10H24O2Si. The SMILES string of the molecule is CC(C)CCCCCC[Si](C)(O)O. The lowest BCUT2D eigenvalue weighted by Gasteiger charge is -2.11. The lowest BCUT2D eigenvalue weighted by atomic mass is 10.0. The second kappa shape index (κ2) is 6.57. The molecule has 0 amide bonds. The summed E-state index contributed by atoms with van der Waals surface area (Å²) in [5, 5.41) is 0. The minimum absolute atomic E-state index is 0.634. The molecule has 2 N–H and O–H groups in total. The van der Waals surface area contributed by atoms with Crippen LogP contribution in [0.4, 0.5) is 0 Å². The van der Waals surface area contributed by atoms with E-state index in [1.165, 1.54) is 19.3 Å². The van der Waals surface area contributed by atoms with Gasteiger partial charge in [0.05, 0.1) is 0 Å². The molecule has 3 heteroatoms. The first-order chi connectivity index (χ1) is 5.92. The molecule has 80 valence electrons. The Bertz CT molecular complexity index is 119. The molecule has 0 aromatic carbocycles. The summed E-state index contributed by atoms with van der Waals surface area (Å²) in [6.07, 6.45) is 5.95. The molecule has 0 aliphatic rings. The molecule has 0 atom stereocenters. The van der Waals surface area contributed by atoms with Crippen molar-refractivity contribution < 1.29 is 9.59 Å². The van der Waals surface area contributed by atoms with Crippen LogP contribution in [-0.2, 0) is 0 Å². The average molecular weight is 204 g/mol. The van der Waals surface area contributed by atoms with Crippen molar-refractivity contribution in [3.63, 3.8) is 0 Å². The third-order valence-corrected chi connectivity index (χ3v) is 3.48. The summed E-state index contributed by atoms with van der Waals surface area (Å²) < 4.78 is 0. The van der Waals surface area contributed by atoms with E-state index in [9.17, 15) is 0 Å². The smallest absolute Gasteiger partial charge is 0.329 e. The van der Waals surface area contributed by atoms with E-state index in [0.29, 0.717) is 6.04 Å². The summed E-state index contributed by atoms with van der Waals surface area (Å²) in [5.74, 6) is 0.801. The van der Waals surface area contributed by atoms with Crippen LogP contribution in [0.1, 0.15) is 46.0 Å². The van der Waals surface area contributed by atoms with E-state index >= 15 is 0 Å². The fraction of sp³-hybridized carbons (Fsp3) is 1.00. The second-order valence-corrected chi connectivity index (χ2v) is 7.50. The molecule has 0 rings (SSSR count). The normalized spacial score (nSPS) is 12.5. The third-order valence-electron chi connectivity index (χ3n) is 2.18. The van der Waals surface area contributed by atoms with Crippen molar-refractivity contribution in [3.05, 3.63) is 0 Å². The van der Waals surface area contributed by atoms with Crippen molar-refractivity contribution in [2.45, 2.75) is 58.5 Å². The molecular weight excluding hydrogens is 180 g/mol. The Kier molecular flexibility index (Phi) is 6.64. The molecule has 0 aromatic rings. The van der Waals surface area contributed by atoms with Crippen LogP contribution in [0.2, 0.25) is 12.6 Å². The highest BCUT2D eigenvalue weighted by Gasteiger charge is 2.19. The summed E-state index contributed by atoms with van der Waals surface area (Å²) in [7, 11) is -2.74. The van der Waals surface area contributed by atoms with Gasteiger partial charge in [0.2, 0.25) is 0 Å². The zero-order valence-electron chi connectivity index (χ0n) is 9.21. The highest BCUT2D eigenvalue weighted by Crippen LogP contribution is 2.13.